The molecule has 0 bridgehead atoms. The number of halogens is 4. The van der Waals surface area contributed by atoms with Crippen LogP contribution in [-0.4, -0.2) is 16.5 Å². The Balaban J connectivity index is 2.14. The van der Waals surface area contributed by atoms with Crippen molar-refractivity contribution in [3.8, 4) is 0 Å². The molecule has 1 saturated carbocycles. The van der Waals surface area contributed by atoms with E-state index in [0.29, 0.717) is 22.7 Å². The van der Waals surface area contributed by atoms with Gasteiger partial charge in [-0.05, 0) is 24.8 Å². The Labute approximate surface area is 136 Å². The van der Waals surface area contributed by atoms with Crippen LogP contribution in [0, 0.1) is 5.92 Å². The molecule has 2 atom stereocenters. The van der Waals surface area contributed by atoms with E-state index in [9.17, 15) is 22.8 Å². The average molecular weight is 351 g/mol. The van der Waals surface area contributed by atoms with E-state index >= 15 is 0 Å². The molecule has 23 heavy (non-hydrogen) atoms. The van der Waals surface area contributed by atoms with Crippen LogP contribution in [0.4, 0.5) is 13.2 Å². The fraction of sp³-hybridized carbons (Fsp3) is 0.600. The molecule has 1 heterocycles. The summed E-state index contributed by atoms with van der Waals surface area (Å²) in [5.74, 6) is -0.171. The Bertz CT molecular complexity index is 643. The Morgan fingerprint density at radius 3 is 2.65 bits per heavy atom. The maximum atomic E-state index is 12.8. The molecule has 0 radical (unpaired) electrons. The van der Waals surface area contributed by atoms with E-state index in [2.05, 4.69) is 5.32 Å². The van der Waals surface area contributed by atoms with Crippen molar-refractivity contribution in [2.45, 2.75) is 51.4 Å². The number of aromatic nitrogens is 1. The van der Waals surface area contributed by atoms with Crippen LogP contribution in [-0.2, 0) is 17.5 Å². The number of carbonyl (C=O) groups is 1. The molecule has 1 aliphatic rings. The average Bonchev–Trinajstić information content (AvgIpc) is 2.45. The molecule has 8 heteroatoms. The standard InChI is InChI=1S/C15H18ClF3N2O2/c1-9-4-2-3-5-12(9)20-13(22)8-21-7-10(15(17,18)19)6-11(16)14(21)23/h6-7,9,12H,2-5,8H2,1H3,(H,20,22)/t9-,12+/m0/s1. The highest BCUT2D eigenvalue weighted by Crippen LogP contribution is 2.29. The SMILES string of the molecule is C[C@H]1CCCC[C@H]1NC(=O)Cn1cc(C(F)(F)F)cc(Cl)c1=O. The highest BCUT2D eigenvalue weighted by molar-refractivity contribution is 6.30. The Kier molecular flexibility index (Phi) is 5.39. The van der Waals surface area contributed by atoms with Gasteiger partial charge in [0, 0.05) is 12.2 Å². The number of hydrogen-bond donors (Lipinski definition) is 1. The molecule has 4 nitrogen and oxygen atoms in total. The molecule has 1 aliphatic carbocycles. The maximum Gasteiger partial charge on any atom is 0.417 e. The first kappa shape index (κ1) is 17.8. The summed E-state index contributed by atoms with van der Waals surface area (Å²) in [5.41, 5.74) is -1.87. The summed E-state index contributed by atoms with van der Waals surface area (Å²) in [5, 5.41) is 2.24. The third-order valence-corrected chi connectivity index (χ3v) is 4.41. The van der Waals surface area contributed by atoms with E-state index in [1.807, 2.05) is 6.92 Å². The van der Waals surface area contributed by atoms with Crippen LogP contribution in [0.2, 0.25) is 5.02 Å². The van der Waals surface area contributed by atoms with Gasteiger partial charge >= 0.3 is 6.18 Å². The first-order chi connectivity index (χ1) is 10.7. The van der Waals surface area contributed by atoms with Gasteiger partial charge in [0.1, 0.15) is 11.6 Å². The Morgan fingerprint density at radius 1 is 1.39 bits per heavy atom. The summed E-state index contributed by atoms with van der Waals surface area (Å²) in [7, 11) is 0. The van der Waals surface area contributed by atoms with Crippen LogP contribution >= 0.6 is 11.6 Å². The van der Waals surface area contributed by atoms with Gasteiger partial charge in [-0.3, -0.25) is 9.59 Å². The fourth-order valence-corrected chi connectivity index (χ4v) is 3.04. The van der Waals surface area contributed by atoms with E-state index in [-0.39, 0.29) is 6.04 Å². The van der Waals surface area contributed by atoms with Crippen LogP contribution in [0.1, 0.15) is 38.2 Å². The lowest BCUT2D eigenvalue weighted by Crippen LogP contribution is -2.43. The van der Waals surface area contributed by atoms with Crippen molar-refractivity contribution >= 4 is 17.5 Å². The molecule has 0 spiro atoms. The number of rotatable bonds is 3. The number of pyridine rings is 1. The molecule has 0 aromatic carbocycles. The highest BCUT2D eigenvalue weighted by Gasteiger charge is 2.32. The monoisotopic (exact) mass is 350 g/mol. The van der Waals surface area contributed by atoms with E-state index < -0.39 is 34.8 Å². The number of carbonyl (C=O) groups excluding carboxylic acids is 1. The molecule has 0 saturated heterocycles. The lowest BCUT2D eigenvalue weighted by molar-refractivity contribution is -0.138. The summed E-state index contributed by atoms with van der Waals surface area (Å²) in [6, 6.07) is 0.565. The molecular weight excluding hydrogens is 333 g/mol. The van der Waals surface area contributed by atoms with Crippen molar-refractivity contribution in [3.05, 3.63) is 33.2 Å². The quantitative estimate of drug-likeness (QED) is 0.910. The minimum atomic E-state index is -4.63. The lowest BCUT2D eigenvalue weighted by atomic mass is 9.86. The Hall–Kier alpha value is -1.50. The number of hydrogen-bond acceptors (Lipinski definition) is 2. The number of nitrogens with one attached hydrogen (secondary N) is 1. The summed E-state index contributed by atoms with van der Waals surface area (Å²) in [4.78, 5) is 23.9. The normalized spacial score (nSPS) is 22.0. The van der Waals surface area contributed by atoms with Gasteiger partial charge in [-0.2, -0.15) is 13.2 Å². The van der Waals surface area contributed by atoms with Gasteiger partial charge in [0.2, 0.25) is 5.91 Å². The van der Waals surface area contributed by atoms with Crippen LogP contribution < -0.4 is 10.9 Å². The van der Waals surface area contributed by atoms with Gasteiger partial charge in [-0.1, -0.05) is 31.4 Å². The van der Waals surface area contributed by atoms with E-state index in [1.165, 1.54) is 0 Å². The Morgan fingerprint density at radius 2 is 2.04 bits per heavy atom. The zero-order valence-corrected chi connectivity index (χ0v) is 13.4. The largest absolute Gasteiger partial charge is 0.417 e. The minimum Gasteiger partial charge on any atom is -0.352 e. The van der Waals surface area contributed by atoms with Crippen LogP contribution in [0.5, 0.6) is 0 Å². The van der Waals surface area contributed by atoms with Gasteiger partial charge in [-0.15, -0.1) is 0 Å². The second kappa shape index (κ2) is 6.95. The van der Waals surface area contributed by atoms with Gasteiger partial charge in [0.25, 0.3) is 5.56 Å². The number of alkyl halides is 3. The first-order valence-corrected chi connectivity index (χ1v) is 7.83. The van der Waals surface area contributed by atoms with E-state index in [1.54, 1.807) is 0 Å². The molecule has 0 unspecified atom stereocenters. The molecule has 0 aliphatic heterocycles. The van der Waals surface area contributed by atoms with Crippen LogP contribution in [0.25, 0.3) is 0 Å². The third-order valence-electron chi connectivity index (χ3n) is 4.14. The minimum absolute atomic E-state index is 0.00628. The topological polar surface area (TPSA) is 51.1 Å². The van der Waals surface area contributed by atoms with Gasteiger partial charge in [0.05, 0.1) is 5.56 Å². The van der Waals surface area contributed by atoms with Crippen LogP contribution in [0.3, 0.4) is 0 Å². The van der Waals surface area contributed by atoms with Crippen molar-refractivity contribution in [3.63, 3.8) is 0 Å². The van der Waals surface area contributed by atoms with E-state index in [0.717, 1.165) is 25.7 Å². The highest BCUT2D eigenvalue weighted by atomic mass is 35.5. The van der Waals surface area contributed by atoms with Crippen molar-refractivity contribution in [1.29, 1.82) is 0 Å². The zero-order chi connectivity index (χ0) is 17.2. The maximum absolute atomic E-state index is 12.8. The van der Waals surface area contributed by atoms with Gasteiger partial charge < -0.3 is 9.88 Å². The molecule has 1 aromatic heterocycles. The van der Waals surface area contributed by atoms with Crippen LogP contribution in [0.15, 0.2) is 17.1 Å². The van der Waals surface area contributed by atoms with E-state index in [4.69, 9.17) is 11.6 Å². The molecule has 1 amide bonds. The fourth-order valence-electron chi connectivity index (χ4n) is 2.81. The van der Waals surface area contributed by atoms with Gasteiger partial charge in [-0.25, -0.2) is 0 Å². The molecular formula is C15H18ClF3N2O2. The summed E-state index contributed by atoms with van der Waals surface area (Å²) >= 11 is 5.56. The third kappa shape index (κ3) is 4.50. The predicted molar refractivity (Wildman–Crippen MR) is 80.3 cm³/mol. The zero-order valence-electron chi connectivity index (χ0n) is 12.6. The molecule has 1 N–H and O–H groups in total. The molecule has 1 aromatic rings. The predicted octanol–water partition coefficient (Wildman–Crippen LogP) is 3.22. The molecule has 1 fully saturated rings. The second-order valence-electron chi connectivity index (χ2n) is 5.94. The van der Waals surface area contributed by atoms with Crippen molar-refractivity contribution in [1.82, 2.24) is 9.88 Å². The summed E-state index contributed by atoms with van der Waals surface area (Å²) in [6.45, 7) is 1.54. The summed E-state index contributed by atoms with van der Waals surface area (Å²) in [6.07, 6.45) is -0.0577. The number of amides is 1. The number of nitrogens with zero attached hydrogens (tertiary/aromatic N) is 1. The van der Waals surface area contributed by atoms with Crippen molar-refractivity contribution < 1.29 is 18.0 Å². The van der Waals surface area contributed by atoms with Gasteiger partial charge in [0.15, 0.2) is 0 Å². The molecule has 2 rings (SSSR count). The smallest absolute Gasteiger partial charge is 0.352 e. The first-order valence-electron chi connectivity index (χ1n) is 7.45. The molecule has 128 valence electrons. The second-order valence-corrected chi connectivity index (χ2v) is 6.35. The summed E-state index contributed by atoms with van der Waals surface area (Å²) < 4.78 is 39.0. The van der Waals surface area contributed by atoms with Crippen molar-refractivity contribution in [2.24, 2.45) is 5.92 Å². The lowest BCUT2D eigenvalue weighted by Gasteiger charge is -2.29. The van der Waals surface area contributed by atoms with Crippen molar-refractivity contribution in [2.75, 3.05) is 0 Å².